The third-order valence-corrected chi connectivity index (χ3v) is 5.43. The molecule has 0 bridgehead atoms. The minimum absolute atomic E-state index is 0. The number of nitrogens with zero attached hydrogens (tertiary/aromatic N) is 1. The van der Waals surface area contributed by atoms with Gasteiger partial charge in [0.05, 0.1) is 5.75 Å². The molecule has 0 saturated carbocycles. The van der Waals surface area contributed by atoms with Crippen molar-refractivity contribution in [2.75, 3.05) is 31.1 Å². The van der Waals surface area contributed by atoms with Crippen LogP contribution in [-0.2, 0) is 19.4 Å². The first-order chi connectivity index (χ1) is 10.4. The van der Waals surface area contributed by atoms with E-state index < -0.39 is 15.6 Å². The molecule has 1 aliphatic heterocycles. The maximum Gasteiger partial charge on any atom is 0.238 e. The Morgan fingerprint density at radius 3 is 2.61 bits per heavy atom. The van der Waals surface area contributed by atoms with Crippen molar-refractivity contribution in [3.05, 3.63) is 0 Å². The number of hydrogen-bond acceptors (Lipinski definition) is 5. The van der Waals surface area contributed by atoms with Gasteiger partial charge in [-0.15, -0.1) is 12.4 Å². The summed E-state index contributed by atoms with van der Waals surface area (Å²) in [6.07, 6.45) is 3.39. The van der Waals surface area contributed by atoms with E-state index in [1.165, 1.54) is 0 Å². The lowest BCUT2D eigenvalue weighted by Crippen LogP contribution is -2.51. The Labute approximate surface area is 144 Å². The summed E-state index contributed by atoms with van der Waals surface area (Å²) in [5.74, 6) is -0.899. The summed E-state index contributed by atoms with van der Waals surface area (Å²) in [5, 5.41) is 2.76. The molecule has 136 valence electrons. The number of amides is 2. The van der Waals surface area contributed by atoms with Gasteiger partial charge < -0.3 is 16.0 Å². The number of nitrogens with two attached hydrogens (primary N) is 1. The summed E-state index contributed by atoms with van der Waals surface area (Å²) in [6, 6.07) is -0.125. The first-order valence-electron chi connectivity index (χ1n) is 7.86. The molecule has 3 N–H and O–H groups in total. The standard InChI is InChI=1S/C14H27N3O4S.ClH/c1-2-9-22(20,21)11-14(19)17-8-4-3-5-12(17)10-16-13(18)6-7-15;/h12H,2-11,15H2,1H3,(H,16,18);1H. The maximum absolute atomic E-state index is 12.3. The van der Waals surface area contributed by atoms with Crippen LogP contribution in [0.5, 0.6) is 0 Å². The fourth-order valence-electron chi connectivity index (χ4n) is 2.65. The average Bonchev–Trinajstić information content (AvgIpc) is 2.45. The zero-order valence-electron chi connectivity index (χ0n) is 13.6. The molecule has 1 unspecified atom stereocenters. The van der Waals surface area contributed by atoms with Crippen LogP contribution in [0.3, 0.4) is 0 Å². The molecule has 0 spiro atoms. The summed E-state index contributed by atoms with van der Waals surface area (Å²) in [4.78, 5) is 25.4. The number of halogens is 1. The fourth-order valence-corrected chi connectivity index (χ4v) is 3.95. The van der Waals surface area contributed by atoms with E-state index in [9.17, 15) is 18.0 Å². The predicted octanol–water partition coefficient (Wildman–Crippen LogP) is 0.0791. The van der Waals surface area contributed by atoms with E-state index in [-0.39, 0.29) is 49.0 Å². The van der Waals surface area contributed by atoms with Crippen LogP contribution in [0, 0.1) is 0 Å². The van der Waals surface area contributed by atoms with Gasteiger partial charge in [-0.1, -0.05) is 6.92 Å². The van der Waals surface area contributed by atoms with E-state index in [1.54, 1.807) is 11.8 Å². The number of likely N-dealkylation sites (tertiary alicyclic amines) is 1. The molecule has 9 heteroatoms. The first kappa shape index (κ1) is 22.1. The number of carbonyl (C=O) groups is 2. The molecule has 1 aliphatic rings. The van der Waals surface area contributed by atoms with E-state index in [1.807, 2.05) is 0 Å². The van der Waals surface area contributed by atoms with Crippen molar-refractivity contribution >= 4 is 34.1 Å². The van der Waals surface area contributed by atoms with Crippen molar-refractivity contribution in [2.24, 2.45) is 5.73 Å². The zero-order valence-corrected chi connectivity index (χ0v) is 15.3. The highest BCUT2D eigenvalue weighted by Gasteiger charge is 2.29. The minimum Gasteiger partial charge on any atom is -0.354 e. The highest BCUT2D eigenvalue weighted by atomic mass is 35.5. The summed E-state index contributed by atoms with van der Waals surface area (Å²) >= 11 is 0. The molecule has 0 aromatic carbocycles. The Morgan fingerprint density at radius 2 is 2.00 bits per heavy atom. The minimum atomic E-state index is -3.34. The van der Waals surface area contributed by atoms with Crippen LogP contribution in [0.25, 0.3) is 0 Å². The summed E-state index contributed by atoms with van der Waals surface area (Å²) in [6.45, 7) is 2.98. The van der Waals surface area contributed by atoms with E-state index in [0.29, 0.717) is 19.5 Å². The van der Waals surface area contributed by atoms with Gasteiger partial charge in [0.2, 0.25) is 11.8 Å². The second-order valence-corrected chi connectivity index (χ2v) is 7.86. The number of hydrogen-bond donors (Lipinski definition) is 2. The molecule has 23 heavy (non-hydrogen) atoms. The highest BCUT2D eigenvalue weighted by molar-refractivity contribution is 7.92. The van der Waals surface area contributed by atoms with Gasteiger partial charge >= 0.3 is 0 Å². The molecule has 0 aliphatic carbocycles. The molecule has 1 rings (SSSR count). The number of rotatable bonds is 8. The summed E-state index contributed by atoms with van der Waals surface area (Å²) in [5.41, 5.74) is 5.32. The van der Waals surface area contributed by atoms with Gasteiger partial charge in [0, 0.05) is 32.1 Å². The lowest BCUT2D eigenvalue weighted by atomic mass is 10.0. The second kappa shape index (κ2) is 10.8. The summed E-state index contributed by atoms with van der Waals surface area (Å²) < 4.78 is 23.6. The molecule has 7 nitrogen and oxygen atoms in total. The normalized spacial score (nSPS) is 18.2. The van der Waals surface area contributed by atoms with Gasteiger partial charge in [-0.05, 0) is 25.7 Å². The molecule has 1 atom stereocenters. The molecule has 0 aromatic heterocycles. The lowest BCUT2D eigenvalue weighted by Gasteiger charge is -2.36. The van der Waals surface area contributed by atoms with Crippen molar-refractivity contribution in [1.29, 1.82) is 0 Å². The number of sulfone groups is 1. The number of carbonyl (C=O) groups excluding carboxylic acids is 2. The van der Waals surface area contributed by atoms with Crippen LogP contribution in [0.15, 0.2) is 0 Å². The summed E-state index contributed by atoms with van der Waals surface area (Å²) in [7, 11) is -3.34. The smallest absolute Gasteiger partial charge is 0.238 e. The van der Waals surface area contributed by atoms with Crippen molar-refractivity contribution in [2.45, 2.75) is 45.1 Å². The van der Waals surface area contributed by atoms with Gasteiger partial charge in [0.1, 0.15) is 5.75 Å². The van der Waals surface area contributed by atoms with Crippen LogP contribution < -0.4 is 11.1 Å². The van der Waals surface area contributed by atoms with Crippen molar-refractivity contribution in [3.8, 4) is 0 Å². The Morgan fingerprint density at radius 1 is 1.30 bits per heavy atom. The molecular formula is C14H28ClN3O4S. The van der Waals surface area contributed by atoms with E-state index in [0.717, 1.165) is 19.3 Å². The van der Waals surface area contributed by atoms with Gasteiger partial charge in [-0.25, -0.2) is 8.42 Å². The highest BCUT2D eigenvalue weighted by Crippen LogP contribution is 2.17. The molecule has 0 radical (unpaired) electrons. The van der Waals surface area contributed by atoms with Gasteiger partial charge in [0.15, 0.2) is 9.84 Å². The lowest BCUT2D eigenvalue weighted by molar-refractivity contribution is -0.132. The van der Waals surface area contributed by atoms with Crippen LogP contribution in [0.1, 0.15) is 39.0 Å². The Balaban J connectivity index is 0.00000484. The zero-order chi connectivity index (χ0) is 16.6. The Bertz CT molecular complexity index is 484. The SMILES string of the molecule is CCCS(=O)(=O)CC(=O)N1CCCCC1CNC(=O)CCN.Cl. The molecule has 1 fully saturated rings. The van der Waals surface area contributed by atoms with Crippen LogP contribution in [0.2, 0.25) is 0 Å². The fraction of sp³-hybridized carbons (Fsp3) is 0.857. The third-order valence-electron chi connectivity index (χ3n) is 3.71. The predicted molar refractivity (Wildman–Crippen MR) is 92.2 cm³/mol. The van der Waals surface area contributed by atoms with Crippen LogP contribution >= 0.6 is 12.4 Å². The number of nitrogens with one attached hydrogen (secondary N) is 1. The van der Waals surface area contributed by atoms with E-state index in [2.05, 4.69) is 5.32 Å². The van der Waals surface area contributed by atoms with Gasteiger partial charge in [0.25, 0.3) is 0 Å². The Hall–Kier alpha value is -0.860. The maximum atomic E-state index is 12.3. The second-order valence-electron chi connectivity index (χ2n) is 5.67. The molecule has 0 aromatic rings. The monoisotopic (exact) mass is 369 g/mol. The molecule has 1 saturated heterocycles. The topological polar surface area (TPSA) is 110 Å². The van der Waals surface area contributed by atoms with Crippen molar-refractivity contribution in [3.63, 3.8) is 0 Å². The largest absolute Gasteiger partial charge is 0.354 e. The first-order valence-corrected chi connectivity index (χ1v) is 9.68. The van der Waals surface area contributed by atoms with Crippen LogP contribution in [-0.4, -0.2) is 62.3 Å². The quantitative estimate of drug-likeness (QED) is 0.629. The number of piperidine rings is 1. The molecule has 2 amide bonds. The van der Waals surface area contributed by atoms with E-state index in [4.69, 9.17) is 5.73 Å². The van der Waals surface area contributed by atoms with Gasteiger partial charge in [-0.3, -0.25) is 9.59 Å². The molecular weight excluding hydrogens is 342 g/mol. The van der Waals surface area contributed by atoms with E-state index >= 15 is 0 Å². The third kappa shape index (κ3) is 7.99. The van der Waals surface area contributed by atoms with Crippen LogP contribution in [0.4, 0.5) is 0 Å². The molecule has 1 heterocycles. The van der Waals surface area contributed by atoms with Gasteiger partial charge in [-0.2, -0.15) is 0 Å². The average molecular weight is 370 g/mol. The van der Waals surface area contributed by atoms with Crippen molar-refractivity contribution in [1.82, 2.24) is 10.2 Å². The van der Waals surface area contributed by atoms with Crippen molar-refractivity contribution < 1.29 is 18.0 Å². The Kier molecular flexibility index (Phi) is 10.4.